The van der Waals surface area contributed by atoms with Crippen molar-refractivity contribution in [3.05, 3.63) is 18.5 Å². The van der Waals surface area contributed by atoms with Gasteiger partial charge in [-0.25, -0.2) is 0 Å². The zero-order valence-corrected chi connectivity index (χ0v) is 9.82. The Hall–Kier alpha value is -1.78. The lowest BCUT2D eigenvalue weighted by molar-refractivity contribution is -0.122. The number of carbonyl (C=O) groups is 1. The second-order valence-electron chi connectivity index (χ2n) is 4.04. The second kappa shape index (κ2) is 5.34. The van der Waals surface area contributed by atoms with Crippen molar-refractivity contribution in [2.24, 2.45) is 0 Å². The number of pyridine rings is 1. The van der Waals surface area contributed by atoms with E-state index >= 15 is 0 Å². The van der Waals surface area contributed by atoms with E-state index in [0.717, 1.165) is 5.69 Å². The molecule has 0 fully saturated rings. The number of nitrogens with two attached hydrogens (primary N) is 1. The van der Waals surface area contributed by atoms with Crippen molar-refractivity contribution in [2.75, 3.05) is 11.1 Å². The van der Waals surface area contributed by atoms with Gasteiger partial charge < -0.3 is 16.4 Å². The molecule has 0 saturated heterocycles. The van der Waals surface area contributed by atoms with Gasteiger partial charge in [-0.2, -0.15) is 0 Å². The molecule has 4 N–H and O–H groups in total. The van der Waals surface area contributed by atoms with Crippen molar-refractivity contribution in [2.45, 2.75) is 32.9 Å². The Balaban J connectivity index is 2.57. The van der Waals surface area contributed by atoms with Crippen molar-refractivity contribution in [1.82, 2.24) is 10.3 Å². The van der Waals surface area contributed by atoms with E-state index in [4.69, 9.17) is 5.73 Å². The van der Waals surface area contributed by atoms with Crippen molar-refractivity contribution in [3.63, 3.8) is 0 Å². The first-order valence-corrected chi connectivity index (χ1v) is 5.26. The second-order valence-corrected chi connectivity index (χ2v) is 4.04. The molecule has 5 nitrogen and oxygen atoms in total. The van der Waals surface area contributed by atoms with E-state index in [1.807, 2.05) is 13.8 Å². The zero-order valence-electron chi connectivity index (χ0n) is 9.82. The predicted molar refractivity (Wildman–Crippen MR) is 65.0 cm³/mol. The summed E-state index contributed by atoms with van der Waals surface area (Å²) in [5.41, 5.74) is 6.90. The van der Waals surface area contributed by atoms with Crippen LogP contribution in [0.5, 0.6) is 0 Å². The summed E-state index contributed by atoms with van der Waals surface area (Å²) >= 11 is 0. The van der Waals surface area contributed by atoms with Crippen molar-refractivity contribution in [1.29, 1.82) is 0 Å². The summed E-state index contributed by atoms with van der Waals surface area (Å²) < 4.78 is 0. The zero-order chi connectivity index (χ0) is 12.1. The highest BCUT2D eigenvalue weighted by Gasteiger charge is 2.13. The van der Waals surface area contributed by atoms with E-state index in [-0.39, 0.29) is 18.0 Å². The number of hydrogen-bond donors (Lipinski definition) is 3. The van der Waals surface area contributed by atoms with Gasteiger partial charge >= 0.3 is 0 Å². The molecule has 5 heteroatoms. The van der Waals surface area contributed by atoms with Crippen LogP contribution in [0.1, 0.15) is 20.8 Å². The van der Waals surface area contributed by atoms with E-state index in [0.29, 0.717) is 5.69 Å². The van der Waals surface area contributed by atoms with Crippen LogP contribution in [-0.4, -0.2) is 23.0 Å². The van der Waals surface area contributed by atoms with Crippen LogP contribution in [-0.2, 0) is 4.79 Å². The van der Waals surface area contributed by atoms with Crippen LogP contribution in [0.3, 0.4) is 0 Å². The predicted octanol–water partition coefficient (Wildman–Crippen LogP) is 0.989. The molecule has 0 bridgehead atoms. The quantitative estimate of drug-likeness (QED) is 0.709. The number of aromatic nitrogens is 1. The molecular weight excluding hydrogens is 204 g/mol. The van der Waals surface area contributed by atoms with E-state index in [2.05, 4.69) is 15.6 Å². The van der Waals surface area contributed by atoms with Gasteiger partial charge in [0.25, 0.3) is 0 Å². The normalized spacial score (nSPS) is 12.2. The number of carbonyl (C=O) groups excluding carboxylic acids is 1. The van der Waals surface area contributed by atoms with Gasteiger partial charge in [-0.1, -0.05) is 0 Å². The number of amides is 1. The lowest BCUT2D eigenvalue weighted by Gasteiger charge is -2.16. The van der Waals surface area contributed by atoms with E-state index in [1.165, 1.54) is 0 Å². The molecule has 16 heavy (non-hydrogen) atoms. The molecule has 0 aliphatic rings. The molecule has 0 aliphatic carbocycles. The van der Waals surface area contributed by atoms with Gasteiger partial charge in [0.1, 0.15) is 6.04 Å². The summed E-state index contributed by atoms with van der Waals surface area (Å²) in [4.78, 5) is 15.6. The maximum Gasteiger partial charge on any atom is 0.242 e. The molecule has 88 valence electrons. The van der Waals surface area contributed by atoms with Gasteiger partial charge in [0.2, 0.25) is 5.91 Å². The number of nitrogen functional groups attached to an aromatic ring is 1. The first-order valence-electron chi connectivity index (χ1n) is 5.26. The van der Waals surface area contributed by atoms with Crippen LogP contribution in [0.25, 0.3) is 0 Å². The lowest BCUT2D eigenvalue weighted by Crippen LogP contribution is -2.40. The molecule has 1 unspecified atom stereocenters. The van der Waals surface area contributed by atoms with Crippen LogP contribution in [0, 0.1) is 0 Å². The van der Waals surface area contributed by atoms with Gasteiger partial charge in [-0.3, -0.25) is 9.78 Å². The Labute approximate surface area is 95.4 Å². The highest BCUT2D eigenvalue weighted by atomic mass is 16.2. The minimum absolute atomic E-state index is 0.0441. The smallest absolute Gasteiger partial charge is 0.242 e. The summed E-state index contributed by atoms with van der Waals surface area (Å²) in [6.45, 7) is 5.64. The van der Waals surface area contributed by atoms with Gasteiger partial charge in [0, 0.05) is 12.2 Å². The maximum atomic E-state index is 11.6. The Morgan fingerprint density at radius 1 is 1.38 bits per heavy atom. The standard InChI is InChI=1S/C11H18N4O/c1-7(2)14-11(16)8(3)15-10-4-9(12)5-13-6-10/h4-8,15H,12H2,1-3H3,(H,14,16). The van der Waals surface area contributed by atoms with E-state index in [1.54, 1.807) is 25.4 Å². The first-order chi connectivity index (χ1) is 7.49. The fourth-order valence-corrected chi connectivity index (χ4v) is 1.26. The van der Waals surface area contributed by atoms with Crippen molar-refractivity contribution in [3.8, 4) is 0 Å². The molecule has 1 aromatic heterocycles. The fourth-order valence-electron chi connectivity index (χ4n) is 1.26. The first kappa shape index (κ1) is 12.3. The Bertz CT molecular complexity index is 365. The summed E-state index contributed by atoms with van der Waals surface area (Å²) in [5, 5.41) is 5.86. The molecule has 0 saturated carbocycles. The third-order valence-electron chi connectivity index (χ3n) is 1.97. The van der Waals surface area contributed by atoms with Crippen molar-refractivity contribution >= 4 is 17.3 Å². The van der Waals surface area contributed by atoms with Gasteiger partial charge in [0.15, 0.2) is 0 Å². The highest BCUT2D eigenvalue weighted by Crippen LogP contribution is 2.10. The lowest BCUT2D eigenvalue weighted by atomic mass is 10.2. The summed E-state index contributed by atoms with van der Waals surface area (Å²) in [5.74, 6) is -0.0441. The SMILES string of the molecule is CC(C)NC(=O)C(C)Nc1cncc(N)c1. The molecule has 1 atom stereocenters. The maximum absolute atomic E-state index is 11.6. The van der Waals surface area contributed by atoms with Crippen LogP contribution >= 0.6 is 0 Å². The minimum Gasteiger partial charge on any atom is -0.397 e. The monoisotopic (exact) mass is 222 g/mol. The average molecular weight is 222 g/mol. The van der Waals surface area contributed by atoms with Crippen molar-refractivity contribution < 1.29 is 4.79 Å². The molecule has 0 aromatic carbocycles. The molecule has 1 amide bonds. The van der Waals surface area contributed by atoms with Gasteiger partial charge in [0.05, 0.1) is 17.6 Å². The summed E-state index contributed by atoms with van der Waals surface area (Å²) in [6.07, 6.45) is 3.19. The largest absolute Gasteiger partial charge is 0.397 e. The number of anilines is 2. The third-order valence-corrected chi connectivity index (χ3v) is 1.97. The molecular formula is C11H18N4O. The fraction of sp³-hybridized carbons (Fsp3) is 0.455. The van der Waals surface area contributed by atoms with Gasteiger partial charge in [-0.15, -0.1) is 0 Å². The number of nitrogens with one attached hydrogen (secondary N) is 2. The topological polar surface area (TPSA) is 80.0 Å². The molecule has 1 aromatic rings. The average Bonchev–Trinajstić information content (AvgIpc) is 2.16. The molecule has 0 aliphatic heterocycles. The van der Waals surface area contributed by atoms with Crippen LogP contribution < -0.4 is 16.4 Å². The van der Waals surface area contributed by atoms with Gasteiger partial charge in [-0.05, 0) is 26.8 Å². The van der Waals surface area contributed by atoms with E-state index in [9.17, 15) is 4.79 Å². The molecule has 1 heterocycles. The van der Waals surface area contributed by atoms with Crippen LogP contribution in [0.15, 0.2) is 18.5 Å². The Morgan fingerprint density at radius 2 is 2.06 bits per heavy atom. The number of rotatable bonds is 4. The number of hydrogen-bond acceptors (Lipinski definition) is 4. The highest BCUT2D eigenvalue weighted by molar-refractivity contribution is 5.84. The third kappa shape index (κ3) is 3.76. The van der Waals surface area contributed by atoms with Crippen LogP contribution in [0.4, 0.5) is 11.4 Å². The summed E-state index contributed by atoms with van der Waals surface area (Å²) in [6, 6.07) is 1.56. The number of nitrogens with zero attached hydrogens (tertiary/aromatic N) is 1. The Morgan fingerprint density at radius 3 is 2.62 bits per heavy atom. The Kier molecular flexibility index (Phi) is 4.10. The van der Waals surface area contributed by atoms with Crippen LogP contribution in [0.2, 0.25) is 0 Å². The molecule has 0 radical (unpaired) electrons. The summed E-state index contributed by atoms with van der Waals surface area (Å²) in [7, 11) is 0. The molecule has 0 spiro atoms. The van der Waals surface area contributed by atoms with E-state index < -0.39 is 0 Å². The minimum atomic E-state index is -0.314. The molecule has 1 rings (SSSR count).